The maximum absolute atomic E-state index is 13.3. The van der Waals surface area contributed by atoms with E-state index >= 15 is 0 Å². The minimum absolute atomic E-state index is 0.185. The zero-order valence-corrected chi connectivity index (χ0v) is 15.1. The maximum Gasteiger partial charge on any atom is 0.331 e. The highest BCUT2D eigenvalue weighted by atomic mass is 19.1. The van der Waals surface area contributed by atoms with Gasteiger partial charge in [-0.2, -0.15) is 0 Å². The molecular weight excluding hydrogens is 331 g/mol. The van der Waals surface area contributed by atoms with E-state index in [0.29, 0.717) is 12.2 Å². The zero-order chi connectivity index (χ0) is 18.7. The monoisotopic (exact) mass is 352 g/mol. The largest absolute Gasteiger partial charge is 0.455 e. The van der Waals surface area contributed by atoms with Crippen LogP contribution in [0.5, 0.6) is 0 Å². The molecule has 0 bridgehead atoms. The van der Waals surface area contributed by atoms with E-state index in [9.17, 15) is 9.18 Å². The molecule has 4 nitrogen and oxygen atoms in total. The molecule has 0 amide bonds. The molecule has 5 heteroatoms. The summed E-state index contributed by atoms with van der Waals surface area (Å²) in [6, 6.07) is 6.26. The van der Waals surface area contributed by atoms with Gasteiger partial charge in [0.05, 0.1) is 11.4 Å². The molecular formula is C21H21FN2O2. The van der Waals surface area contributed by atoms with Crippen LogP contribution in [0.4, 0.5) is 4.39 Å². The van der Waals surface area contributed by atoms with Crippen LogP contribution in [-0.4, -0.2) is 22.0 Å². The second kappa shape index (κ2) is 7.60. The Hall–Kier alpha value is -2.82. The molecule has 0 radical (unpaired) electrons. The van der Waals surface area contributed by atoms with Crippen molar-refractivity contribution in [2.24, 2.45) is 0 Å². The first-order valence-electron chi connectivity index (χ1n) is 8.64. The van der Waals surface area contributed by atoms with Crippen LogP contribution < -0.4 is 0 Å². The number of ether oxygens (including phenoxy) is 1. The fourth-order valence-corrected chi connectivity index (χ4v) is 2.89. The van der Waals surface area contributed by atoms with Gasteiger partial charge in [-0.25, -0.2) is 19.2 Å². The van der Waals surface area contributed by atoms with Crippen molar-refractivity contribution in [3.05, 3.63) is 65.4 Å². The highest BCUT2D eigenvalue weighted by Gasteiger charge is 2.17. The highest BCUT2D eigenvalue weighted by Crippen LogP contribution is 2.29. The van der Waals surface area contributed by atoms with Gasteiger partial charge in [-0.05, 0) is 43.2 Å². The molecule has 1 aromatic carbocycles. The summed E-state index contributed by atoms with van der Waals surface area (Å²) in [4.78, 5) is 20.6. The lowest BCUT2D eigenvalue weighted by atomic mass is 9.97. The van der Waals surface area contributed by atoms with Crippen molar-refractivity contribution >= 4 is 12.0 Å². The fourth-order valence-electron chi connectivity index (χ4n) is 2.89. The Bertz CT molecular complexity index is 870. The molecule has 134 valence electrons. The maximum atomic E-state index is 13.3. The average Bonchev–Trinajstić information content (AvgIpc) is 2.60. The molecule has 2 aromatic rings. The normalized spacial score (nSPS) is 17.1. The van der Waals surface area contributed by atoms with Crippen LogP contribution in [0.2, 0.25) is 0 Å². The van der Waals surface area contributed by atoms with Gasteiger partial charge < -0.3 is 4.74 Å². The van der Waals surface area contributed by atoms with E-state index < -0.39 is 0 Å². The van der Waals surface area contributed by atoms with Gasteiger partial charge in [0, 0.05) is 23.6 Å². The second-order valence-electron chi connectivity index (χ2n) is 6.55. The summed E-state index contributed by atoms with van der Waals surface area (Å²) in [5, 5.41) is 0. The number of nitrogens with zero attached hydrogens (tertiary/aromatic N) is 2. The zero-order valence-electron chi connectivity index (χ0n) is 15.1. The molecule has 1 aromatic heterocycles. The molecule has 0 saturated carbocycles. The lowest BCUT2D eigenvalue weighted by Crippen LogP contribution is -2.17. The Balaban J connectivity index is 2.07. The van der Waals surface area contributed by atoms with Gasteiger partial charge in [0.25, 0.3) is 0 Å². The number of aryl methyl sites for hydroxylation is 1. The number of aromatic nitrogens is 2. The predicted molar refractivity (Wildman–Crippen MR) is 98.9 cm³/mol. The Kier molecular flexibility index (Phi) is 5.26. The van der Waals surface area contributed by atoms with Gasteiger partial charge in [0.1, 0.15) is 17.7 Å². The number of cyclic esters (lactones) is 1. The van der Waals surface area contributed by atoms with E-state index in [1.165, 1.54) is 18.2 Å². The van der Waals surface area contributed by atoms with Crippen LogP contribution in [0.1, 0.15) is 43.3 Å². The van der Waals surface area contributed by atoms with Crippen LogP contribution in [-0.2, 0) is 9.53 Å². The molecule has 0 spiro atoms. The minimum atomic E-state index is -0.339. The number of carbonyl (C=O) groups excluding carboxylic acids is 1. The molecule has 0 saturated heterocycles. The third kappa shape index (κ3) is 4.04. The van der Waals surface area contributed by atoms with E-state index in [4.69, 9.17) is 4.74 Å². The summed E-state index contributed by atoms with van der Waals surface area (Å²) in [5.41, 5.74) is 3.34. The lowest BCUT2D eigenvalue weighted by molar-refractivity contribution is -0.141. The Labute approximate surface area is 152 Å². The molecule has 3 rings (SSSR count). The molecule has 2 heterocycles. The van der Waals surface area contributed by atoms with E-state index in [1.807, 2.05) is 19.1 Å². The van der Waals surface area contributed by atoms with Crippen molar-refractivity contribution < 1.29 is 13.9 Å². The van der Waals surface area contributed by atoms with Gasteiger partial charge in [0.15, 0.2) is 0 Å². The Morgan fingerprint density at radius 2 is 1.96 bits per heavy atom. The van der Waals surface area contributed by atoms with Crippen molar-refractivity contribution in [2.45, 2.75) is 39.2 Å². The van der Waals surface area contributed by atoms with Crippen molar-refractivity contribution in [1.82, 2.24) is 9.97 Å². The van der Waals surface area contributed by atoms with Gasteiger partial charge >= 0.3 is 5.97 Å². The quantitative estimate of drug-likeness (QED) is 0.755. The van der Waals surface area contributed by atoms with E-state index in [-0.39, 0.29) is 23.8 Å². The smallest absolute Gasteiger partial charge is 0.331 e. The van der Waals surface area contributed by atoms with E-state index in [2.05, 4.69) is 23.8 Å². The highest BCUT2D eigenvalue weighted by molar-refractivity contribution is 5.83. The van der Waals surface area contributed by atoms with Crippen molar-refractivity contribution in [1.29, 1.82) is 0 Å². The second-order valence-corrected chi connectivity index (χ2v) is 6.55. The number of halogens is 1. The first-order valence-corrected chi connectivity index (χ1v) is 8.64. The lowest BCUT2D eigenvalue weighted by Gasteiger charge is -2.17. The molecule has 1 aliphatic heterocycles. The molecule has 1 atom stereocenters. The molecule has 0 unspecified atom stereocenters. The Morgan fingerprint density at radius 1 is 1.23 bits per heavy atom. The van der Waals surface area contributed by atoms with Crippen molar-refractivity contribution in [3.8, 4) is 11.3 Å². The van der Waals surface area contributed by atoms with Crippen LogP contribution in [0.15, 0.2) is 42.5 Å². The molecule has 0 N–H and O–H groups in total. The van der Waals surface area contributed by atoms with E-state index in [1.54, 1.807) is 18.2 Å². The van der Waals surface area contributed by atoms with Gasteiger partial charge in [-0.3, -0.25) is 0 Å². The molecule has 1 aliphatic rings. The number of hydrogen-bond acceptors (Lipinski definition) is 4. The summed E-state index contributed by atoms with van der Waals surface area (Å²) in [6.07, 6.45) is 7.32. The van der Waals surface area contributed by atoms with Gasteiger partial charge in [-0.15, -0.1) is 0 Å². The summed E-state index contributed by atoms with van der Waals surface area (Å²) in [5.74, 6) is 0.219. The fraction of sp³-hybridized carbons (Fsp3) is 0.286. The number of rotatable bonds is 4. The first kappa shape index (κ1) is 18.0. The summed E-state index contributed by atoms with van der Waals surface area (Å²) in [7, 11) is 0. The predicted octanol–water partition coefficient (Wildman–Crippen LogP) is 4.60. The molecule has 0 fully saturated rings. The number of esters is 1. The SMILES string of the molecule is Cc1nc(-c2ccc(F)cc2)c(/C=C/[C@@H]2CC=CC(=O)O2)c(C(C)C)n1. The van der Waals surface area contributed by atoms with Crippen molar-refractivity contribution in [2.75, 3.05) is 0 Å². The van der Waals surface area contributed by atoms with Crippen LogP contribution in [0, 0.1) is 12.7 Å². The summed E-state index contributed by atoms with van der Waals surface area (Å²) < 4.78 is 18.6. The topological polar surface area (TPSA) is 52.1 Å². The molecule has 0 aliphatic carbocycles. The number of hydrogen-bond donors (Lipinski definition) is 0. The van der Waals surface area contributed by atoms with Crippen LogP contribution in [0.25, 0.3) is 17.3 Å². The average molecular weight is 352 g/mol. The first-order chi connectivity index (χ1) is 12.4. The van der Waals surface area contributed by atoms with Crippen molar-refractivity contribution in [3.63, 3.8) is 0 Å². The summed E-state index contributed by atoms with van der Waals surface area (Å²) >= 11 is 0. The molecule has 26 heavy (non-hydrogen) atoms. The number of benzene rings is 1. The van der Waals surface area contributed by atoms with Gasteiger partial charge in [-0.1, -0.05) is 26.0 Å². The number of carbonyl (C=O) groups is 1. The third-order valence-corrected chi connectivity index (χ3v) is 4.12. The third-order valence-electron chi connectivity index (χ3n) is 4.12. The minimum Gasteiger partial charge on any atom is -0.455 e. The van der Waals surface area contributed by atoms with Gasteiger partial charge in [0.2, 0.25) is 0 Å². The standard InChI is InChI=1S/C21H21FN2O2/c1-13(2)20-18(12-11-17-5-4-6-19(25)26-17)21(24-14(3)23-20)15-7-9-16(22)10-8-15/h4,6-13,17H,5H2,1-3H3/b12-11+/t17-/m0/s1. The van der Waals surface area contributed by atoms with Crippen LogP contribution >= 0.6 is 0 Å². The Morgan fingerprint density at radius 3 is 2.62 bits per heavy atom. The summed E-state index contributed by atoms with van der Waals surface area (Å²) in [6.45, 7) is 5.98. The van der Waals surface area contributed by atoms with Crippen LogP contribution in [0.3, 0.4) is 0 Å². The van der Waals surface area contributed by atoms with E-state index in [0.717, 1.165) is 22.5 Å².